The van der Waals surface area contributed by atoms with Gasteiger partial charge in [-0.3, -0.25) is 9.47 Å². The van der Waals surface area contributed by atoms with E-state index >= 15 is 0 Å². The SMILES string of the molecule is Cc1cccc(-n2c(CN3CCN(S(=O)(=O)c4ccc(Cl)cc4)CC3)nc3cccnc32)c1. The molecule has 2 aromatic carbocycles. The molecule has 0 unspecified atom stereocenters. The molecule has 0 saturated carbocycles. The predicted octanol–water partition coefficient (Wildman–Crippen LogP) is 3.89. The van der Waals surface area contributed by atoms with E-state index in [1.165, 1.54) is 4.31 Å². The maximum atomic E-state index is 13.0. The van der Waals surface area contributed by atoms with Crippen molar-refractivity contribution in [1.29, 1.82) is 0 Å². The number of sulfonamides is 1. The monoisotopic (exact) mass is 481 g/mol. The molecule has 3 heterocycles. The van der Waals surface area contributed by atoms with Crippen molar-refractivity contribution in [1.82, 2.24) is 23.7 Å². The van der Waals surface area contributed by atoms with Gasteiger partial charge in [0.05, 0.1) is 11.4 Å². The van der Waals surface area contributed by atoms with Gasteiger partial charge < -0.3 is 0 Å². The van der Waals surface area contributed by atoms with Crippen LogP contribution in [-0.2, 0) is 16.6 Å². The van der Waals surface area contributed by atoms with E-state index < -0.39 is 10.0 Å². The summed E-state index contributed by atoms with van der Waals surface area (Å²) >= 11 is 5.91. The van der Waals surface area contributed by atoms with Crippen LogP contribution in [0.1, 0.15) is 11.4 Å². The molecule has 0 N–H and O–H groups in total. The number of rotatable bonds is 5. The highest BCUT2D eigenvalue weighted by Crippen LogP contribution is 2.24. The first-order valence-corrected chi connectivity index (χ1v) is 12.6. The molecule has 1 fully saturated rings. The maximum absolute atomic E-state index is 13.0. The maximum Gasteiger partial charge on any atom is 0.243 e. The van der Waals surface area contributed by atoms with Gasteiger partial charge in [0.25, 0.3) is 0 Å². The second kappa shape index (κ2) is 8.87. The Kier molecular flexibility index (Phi) is 5.92. The van der Waals surface area contributed by atoms with Gasteiger partial charge in [-0.25, -0.2) is 18.4 Å². The Morgan fingerprint density at radius 2 is 1.73 bits per heavy atom. The Morgan fingerprint density at radius 3 is 2.45 bits per heavy atom. The molecule has 5 rings (SSSR count). The summed E-state index contributed by atoms with van der Waals surface area (Å²) in [4.78, 5) is 11.9. The van der Waals surface area contributed by atoms with Gasteiger partial charge in [-0.2, -0.15) is 4.31 Å². The fourth-order valence-corrected chi connectivity index (χ4v) is 5.74. The first-order valence-electron chi connectivity index (χ1n) is 10.8. The lowest BCUT2D eigenvalue weighted by atomic mass is 10.2. The van der Waals surface area contributed by atoms with Crippen LogP contribution in [0.15, 0.2) is 71.8 Å². The van der Waals surface area contributed by atoms with Crippen LogP contribution >= 0.6 is 11.6 Å². The Morgan fingerprint density at radius 1 is 0.970 bits per heavy atom. The highest BCUT2D eigenvalue weighted by Gasteiger charge is 2.29. The number of nitrogens with zero attached hydrogens (tertiary/aromatic N) is 5. The van der Waals surface area contributed by atoms with E-state index in [2.05, 4.69) is 39.6 Å². The zero-order valence-corrected chi connectivity index (χ0v) is 19.8. The molecule has 1 aliphatic rings. The van der Waals surface area contributed by atoms with Gasteiger partial charge in [-0.05, 0) is 61.0 Å². The van der Waals surface area contributed by atoms with Crippen molar-refractivity contribution in [2.24, 2.45) is 0 Å². The standard InChI is InChI=1S/C24H24ClN5O2S/c1-18-4-2-5-20(16-18)30-23(27-22-6-3-11-26-24(22)30)17-28-12-14-29(15-13-28)33(31,32)21-9-7-19(25)8-10-21/h2-11,16H,12-15,17H2,1H3. The largest absolute Gasteiger partial charge is 0.293 e. The molecule has 0 radical (unpaired) electrons. The lowest BCUT2D eigenvalue weighted by molar-refractivity contribution is 0.177. The number of aryl methyl sites for hydroxylation is 1. The van der Waals surface area contributed by atoms with E-state index in [4.69, 9.17) is 16.6 Å². The van der Waals surface area contributed by atoms with E-state index in [-0.39, 0.29) is 4.90 Å². The fraction of sp³-hybridized carbons (Fsp3) is 0.250. The number of halogens is 1. The molecule has 4 aromatic rings. The van der Waals surface area contributed by atoms with Gasteiger partial charge in [0.15, 0.2) is 5.65 Å². The summed E-state index contributed by atoms with van der Waals surface area (Å²) in [5.41, 5.74) is 3.85. The molecule has 170 valence electrons. The predicted molar refractivity (Wildman–Crippen MR) is 129 cm³/mol. The first kappa shape index (κ1) is 22.0. The van der Waals surface area contributed by atoms with Crippen LogP contribution in [0, 0.1) is 6.92 Å². The van der Waals surface area contributed by atoms with Crippen LogP contribution in [-0.4, -0.2) is 58.3 Å². The number of fused-ring (bicyclic) bond motifs is 1. The van der Waals surface area contributed by atoms with Crippen molar-refractivity contribution in [2.75, 3.05) is 26.2 Å². The Balaban J connectivity index is 1.37. The molecule has 0 bridgehead atoms. The van der Waals surface area contributed by atoms with Crippen molar-refractivity contribution in [3.8, 4) is 5.69 Å². The molecular weight excluding hydrogens is 458 g/mol. The van der Waals surface area contributed by atoms with Gasteiger partial charge in [-0.1, -0.05) is 23.7 Å². The second-order valence-electron chi connectivity index (χ2n) is 8.18. The molecule has 1 saturated heterocycles. The molecule has 9 heteroatoms. The van der Waals surface area contributed by atoms with Crippen LogP contribution in [0.25, 0.3) is 16.9 Å². The molecule has 0 aliphatic carbocycles. The topological polar surface area (TPSA) is 71.3 Å². The van der Waals surface area contributed by atoms with Crippen LogP contribution in [0.4, 0.5) is 0 Å². The number of aromatic nitrogens is 3. The van der Waals surface area contributed by atoms with E-state index in [0.717, 1.165) is 28.2 Å². The van der Waals surface area contributed by atoms with Crippen molar-refractivity contribution >= 4 is 32.8 Å². The van der Waals surface area contributed by atoms with Gasteiger partial charge in [0.1, 0.15) is 11.3 Å². The van der Waals surface area contributed by atoms with Gasteiger partial charge >= 0.3 is 0 Å². The highest BCUT2D eigenvalue weighted by atomic mass is 35.5. The molecule has 0 spiro atoms. The van der Waals surface area contributed by atoms with E-state index in [1.54, 1.807) is 30.5 Å². The summed E-state index contributed by atoms with van der Waals surface area (Å²) in [6.45, 7) is 4.77. The number of benzene rings is 2. The number of hydrogen-bond donors (Lipinski definition) is 0. The average molecular weight is 482 g/mol. The van der Waals surface area contributed by atoms with Crippen molar-refractivity contribution < 1.29 is 8.42 Å². The van der Waals surface area contributed by atoms with Crippen LogP contribution in [0.3, 0.4) is 0 Å². The van der Waals surface area contributed by atoms with Gasteiger partial charge in [0, 0.05) is 43.1 Å². The molecule has 2 aromatic heterocycles. The lowest BCUT2D eigenvalue weighted by Crippen LogP contribution is -2.48. The summed E-state index contributed by atoms with van der Waals surface area (Å²) in [6, 6.07) is 18.5. The minimum absolute atomic E-state index is 0.271. The van der Waals surface area contributed by atoms with Crippen molar-refractivity contribution in [2.45, 2.75) is 18.4 Å². The zero-order valence-electron chi connectivity index (χ0n) is 18.2. The minimum Gasteiger partial charge on any atom is -0.293 e. The zero-order chi connectivity index (χ0) is 23.0. The molecular formula is C24H24ClN5O2S. The van der Waals surface area contributed by atoms with E-state index in [0.29, 0.717) is 37.7 Å². The second-order valence-corrected chi connectivity index (χ2v) is 10.6. The Hall–Kier alpha value is -2.78. The average Bonchev–Trinajstić information content (AvgIpc) is 3.17. The summed E-state index contributed by atoms with van der Waals surface area (Å²) in [5, 5.41) is 0.518. The van der Waals surface area contributed by atoms with Crippen LogP contribution in [0.5, 0.6) is 0 Å². The van der Waals surface area contributed by atoms with E-state index in [9.17, 15) is 8.42 Å². The van der Waals surface area contributed by atoms with Gasteiger partial charge in [0.2, 0.25) is 10.0 Å². The Labute approximate surface area is 198 Å². The number of imidazole rings is 1. The number of pyridine rings is 1. The normalized spacial score (nSPS) is 15.8. The molecule has 33 heavy (non-hydrogen) atoms. The molecule has 0 amide bonds. The minimum atomic E-state index is -3.53. The first-order chi connectivity index (χ1) is 15.9. The molecule has 0 atom stereocenters. The van der Waals surface area contributed by atoms with Gasteiger partial charge in [-0.15, -0.1) is 0 Å². The van der Waals surface area contributed by atoms with Crippen LogP contribution in [0.2, 0.25) is 5.02 Å². The summed E-state index contributed by atoms with van der Waals surface area (Å²) in [7, 11) is -3.53. The third-order valence-corrected chi connectivity index (χ3v) is 8.06. The molecule has 1 aliphatic heterocycles. The van der Waals surface area contributed by atoms with E-state index in [1.807, 2.05) is 18.2 Å². The smallest absolute Gasteiger partial charge is 0.243 e. The summed E-state index contributed by atoms with van der Waals surface area (Å²) < 4.78 is 29.6. The Bertz CT molecular complexity index is 1390. The summed E-state index contributed by atoms with van der Waals surface area (Å²) in [6.07, 6.45) is 1.78. The van der Waals surface area contributed by atoms with Crippen LogP contribution < -0.4 is 0 Å². The highest BCUT2D eigenvalue weighted by molar-refractivity contribution is 7.89. The number of hydrogen-bond acceptors (Lipinski definition) is 5. The number of piperazine rings is 1. The third-order valence-electron chi connectivity index (χ3n) is 5.89. The lowest BCUT2D eigenvalue weighted by Gasteiger charge is -2.33. The van der Waals surface area contributed by atoms with Crippen molar-refractivity contribution in [3.63, 3.8) is 0 Å². The quantitative estimate of drug-likeness (QED) is 0.432. The van der Waals surface area contributed by atoms with Crippen molar-refractivity contribution in [3.05, 3.63) is 83.3 Å². The molecule has 7 nitrogen and oxygen atoms in total. The fourth-order valence-electron chi connectivity index (χ4n) is 4.19. The third kappa shape index (κ3) is 4.39. The summed E-state index contributed by atoms with van der Waals surface area (Å²) in [5.74, 6) is 0.892.